The minimum Gasteiger partial charge on any atom is -0.497 e. The molecule has 3 atom stereocenters. The highest BCUT2D eigenvalue weighted by Crippen LogP contribution is 2.24. The van der Waals surface area contributed by atoms with E-state index in [1.807, 2.05) is 30.3 Å². The maximum absolute atomic E-state index is 13.7. The van der Waals surface area contributed by atoms with E-state index in [0.717, 1.165) is 10.0 Å². The fourth-order valence-electron chi connectivity index (χ4n) is 4.38. The third kappa shape index (κ3) is 8.37. The molecule has 12 heteroatoms. The predicted octanol–water partition coefficient (Wildman–Crippen LogP) is 2.28. The van der Waals surface area contributed by atoms with Gasteiger partial charge in [0, 0.05) is 19.6 Å². The van der Waals surface area contributed by atoms with Crippen molar-refractivity contribution >= 4 is 16.1 Å². The number of carbonyl (C=O) groups excluding carboxylic acids is 1. The Morgan fingerprint density at radius 2 is 1.69 bits per heavy atom. The molecule has 39 heavy (non-hydrogen) atoms. The summed E-state index contributed by atoms with van der Waals surface area (Å²) in [6.07, 6.45) is -0.975. The number of rotatable bonds is 12. The molecule has 2 saturated heterocycles. The van der Waals surface area contributed by atoms with Gasteiger partial charge in [-0.05, 0) is 49.1 Å². The Morgan fingerprint density at radius 3 is 2.33 bits per heavy atom. The number of hydrogen-bond acceptors (Lipinski definition) is 9. The Balaban J connectivity index is 1.55. The Bertz CT molecular complexity index is 1140. The van der Waals surface area contributed by atoms with Crippen LogP contribution in [0.5, 0.6) is 5.75 Å². The number of aliphatic hydroxyl groups is 1. The van der Waals surface area contributed by atoms with Crippen LogP contribution in [0, 0.1) is 0 Å². The SMILES string of the molecule is COc1ccc(S(=O)(=O)N(C[C@@H](O)[C@H](Cc2ccccc2)NC(=O)O[C@H]2CCOC2)OC2CCOCC2)cc1. The van der Waals surface area contributed by atoms with E-state index in [-0.39, 0.29) is 17.4 Å². The molecule has 214 valence electrons. The van der Waals surface area contributed by atoms with Gasteiger partial charge in [0.2, 0.25) is 0 Å². The summed E-state index contributed by atoms with van der Waals surface area (Å²) in [5, 5.41) is 14.1. The van der Waals surface area contributed by atoms with Crippen molar-refractivity contribution < 1.29 is 42.1 Å². The molecule has 2 N–H and O–H groups in total. The fourth-order valence-corrected chi connectivity index (χ4v) is 5.68. The van der Waals surface area contributed by atoms with Gasteiger partial charge in [-0.1, -0.05) is 34.8 Å². The summed E-state index contributed by atoms with van der Waals surface area (Å²) in [6, 6.07) is 14.3. The van der Waals surface area contributed by atoms with E-state index in [1.54, 1.807) is 12.1 Å². The van der Waals surface area contributed by atoms with Crippen LogP contribution >= 0.6 is 0 Å². The molecule has 0 bridgehead atoms. The van der Waals surface area contributed by atoms with Crippen molar-refractivity contribution in [3.8, 4) is 5.75 Å². The largest absolute Gasteiger partial charge is 0.497 e. The number of methoxy groups -OCH3 is 1. The molecule has 11 nitrogen and oxygen atoms in total. The zero-order chi connectivity index (χ0) is 27.7. The molecular weight excluding hydrogens is 528 g/mol. The van der Waals surface area contributed by atoms with Crippen molar-refractivity contribution in [1.29, 1.82) is 0 Å². The molecule has 0 aromatic heterocycles. The first kappa shape index (κ1) is 29.2. The number of benzene rings is 2. The lowest BCUT2D eigenvalue weighted by Gasteiger charge is -2.32. The average molecular weight is 565 g/mol. The van der Waals surface area contributed by atoms with E-state index >= 15 is 0 Å². The van der Waals surface area contributed by atoms with E-state index in [2.05, 4.69) is 5.32 Å². The maximum Gasteiger partial charge on any atom is 0.407 e. The summed E-state index contributed by atoms with van der Waals surface area (Å²) in [5.74, 6) is 0.504. The van der Waals surface area contributed by atoms with Crippen molar-refractivity contribution in [2.24, 2.45) is 0 Å². The van der Waals surface area contributed by atoms with Gasteiger partial charge in [0.25, 0.3) is 10.0 Å². The highest BCUT2D eigenvalue weighted by Gasteiger charge is 2.34. The van der Waals surface area contributed by atoms with Gasteiger partial charge in [-0.3, -0.25) is 4.84 Å². The molecule has 2 fully saturated rings. The molecule has 0 unspecified atom stereocenters. The topological polar surface area (TPSA) is 133 Å². The van der Waals surface area contributed by atoms with Crippen LogP contribution in [-0.2, 0) is 35.5 Å². The third-order valence-corrected chi connectivity index (χ3v) is 8.26. The number of carbonyl (C=O) groups is 1. The zero-order valence-electron chi connectivity index (χ0n) is 21.9. The summed E-state index contributed by atoms with van der Waals surface area (Å²) in [7, 11) is -2.69. The number of aliphatic hydroxyl groups excluding tert-OH is 1. The molecular formula is C27H36N2O9S. The first-order chi connectivity index (χ1) is 18.8. The highest BCUT2D eigenvalue weighted by atomic mass is 32.2. The molecule has 1 amide bonds. The number of nitrogens with zero attached hydrogens (tertiary/aromatic N) is 1. The van der Waals surface area contributed by atoms with E-state index in [4.69, 9.17) is 23.8 Å². The van der Waals surface area contributed by atoms with Gasteiger partial charge in [0.1, 0.15) is 11.9 Å². The van der Waals surface area contributed by atoms with Gasteiger partial charge >= 0.3 is 6.09 Å². The normalized spacial score (nSPS) is 19.9. The van der Waals surface area contributed by atoms with Crippen LogP contribution in [0.25, 0.3) is 0 Å². The van der Waals surface area contributed by atoms with Crippen LogP contribution in [0.3, 0.4) is 0 Å². The lowest BCUT2D eigenvalue weighted by atomic mass is 10.0. The number of hydrogen-bond donors (Lipinski definition) is 2. The van der Waals surface area contributed by atoms with Gasteiger partial charge in [-0.15, -0.1) is 0 Å². The number of ether oxygens (including phenoxy) is 4. The molecule has 2 aromatic carbocycles. The van der Waals surface area contributed by atoms with Crippen LogP contribution in [0.15, 0.2) is 59.5 Å². The van der Waals surface area contributed by atoms with Crippen molar-refractivity contribution in [3.63, 3.8) is 0 Å². The first-order valence-electron chi connectivity index (χ1n) is 13.0. The fraction of sp³-hybridized carbons (Fsp3) is 0.519. The second kappa shape index (κ2) is 14.1. The molecule has 2 heterocycles. The molecule has 4 rings (SSSR count). The zero-order valence-corrected chi connectivity index (χ0v) is 22.8. The van der Waals surface area contributed by atoms with Crippen molar-refractivity contribution in [3.05, 3.63) is 60.2 Å². The molecule has 0 spiro atoms. The summed E-state index contributed by atoms with van der Waals surface area (Å²) >= 11 is 0. The second-order valence-electron chi connectivity index (χ2n) is 9.48. The second-order valence-corrected chi connectivity index (χ2v) is 11.3. The van der Waals surface area contributed by atoms with Gasteiger partial charge in [-0.25, -0.2) is 13.2 Å². The number of alkyl carbamates (subject to hydrolysis) is 1. The van der Waals surface area contributed by atoms with Crippen LogP contribution in [0.2, 0.25) is 0 Å². The number of hydroxylamine groups is 1. The molecule has 0 aliphatic carbocycles. The van der Waals surface area contributed by atoms with Gasteiger partial charge < -0.3 is 29.4 Å². The highest BCUT2D eigenvalue weighted by molar-refractivity contribution is 7.89. The Kier molecular flexibility index (Phi) is 10.5. The Labute approximate surface area is 228 Å². The average Bonchev–Trinajstić information content (AvgIpc) is 3.46. The van der Waals surface area contributed by atoms with E-state index < -0.39 is 40.9 Å². The quantitative estimate of drug-likeness (QED) is 0.373. The molecule has 2 aliphatic heterocycles. The summed E-state index contributed by atoms with van der Waals surface area (Å²) in [5.41, 5.74) is 0.848. The van der Waals surface area contributed by atoms with Gasteiger partial charge in [0.15, 0.2) is 0 Å². The lowest BCUT2D eigenvalue weighted by Crippen LogP contribution is -2.51. The van der Waals surface area contributed by atoms with E-state index in [1.165, 1.54) is 19.2 Å². The minimum atomic E-state index is -4.18. The lowest BCUT2D eigenvalue weighted by molar-refractivity contribution is -0.170. The number of sulfonamides is 1. The van der Waals surface area contributed by atoms with Crippen molar-refractivity contribution in [1.82, 2.24) is 9.79 Å². The molecule has 0 saturated carbocycles. The van der Waals surface area contributed by atoms with E-state index in [9.17, 15) is 18.3 Å². The van der Waals surface area contributed by atoms with Crippen molar-refractivity contribution in [2.75, 3.05) is 40.1 Å². The molecule has 2 aromatic rings. The monoisotopic (exact) mass is 564 g/mol. The van der Waals surface area contributed by atoms with Crippen LogP contribution in [-0.4, -0.2) is 88.5 Å². The number of amides is 1. The Morgan fingerprint density at radius 1 is 1.03 bits per heavy atom. The summed E-state index contributed by atoms with van der Waals surface area (Å²) in [6.45, 7) is 1.29. The van der Waals surface area contributed by atoms with Crippen LogP contribution in [0.1, 0.15) is 24.8 Å². The third-order valence-electron chi connectivity index (χ3n) is 6.62. The number of nitrogens with one attached hydrogen (secondary N) is 1. The van der Waals surface area contributed by atoms with Crippen molar-refractivity contribution in [2.45, 2.75) is 54.9 Å². The smallest absolute Gasteiger partial charge is 0.407 e. The Hall–Kier alpha value is -2.74. The minimum absolute atomic E-state index is 0.0178. The van der Waals surface area contributed by atoms with Crippen LogP contribution < -0.4 is 10.1 Å². The molecule has 0 radical (unpaired) electrons. The van der Waals surface area contributed by atoms with Crippen LogP contribution in [0.4, 0.5) is 4.79 Å². The maximum atomic E-state index is 13.7. The standard InChI is InChI=1S/C27H36N2O9S/c1-34-21-7-9-24(10-8-21)39(32,33)29(38-22-11-14-35-15-12-22)18-26(30)25(17-20-5-3-2-4-6-20)28-27(31)37-23-13-16-36-19-23/h2-10,22-23,25-26,30H,11-19H2,1H3,(H,28,31)/t23-,25-,26+/m0/s1. The van der Waals surface area contributed by atoms with Gasteiger partial charge in [-0.2, -0.15) is 0 Å². The predicted molar refractivity (Wildman–Crippen MR) is 141 cm³/mol. The molecule has 2 aliphatic rings. The summed E-state index contributed by atoms with van der Waals surface area (Å²) < 4.78 is 49.4. The first-order valence-corrected chi connectivity index (χ1v) is 14.5. The van der Waals surface area contributed by atoms with E-state index in [0.29, 0.717) is 51.4 Å². The van der Waals surface area contributed by atoms with Gasteiger partial charge in [0.05, 0.1) is 50.0 Å². The summed E-state index contributed by atoms with van der Waals surface area (Å²) in [4.78, 5) is 18.6.